The Morgan fingerprint density at radius 3 is 2.35 bits per heavy atom. The van der Waals surface area contributed by atoms with Crippen molar-refractivity contribution in [3.63, 3.8) is 0 Å². The molecule has 1 saturated carbocycles. The summed E-state index contributed by atoms with van der Waals surface area (Å²) in [5, 5.41) is 2.90. The van der Waals surface area contributed by atoms with Crippen molar-refractivity contribution in [3.8, 4) is 0 Å². The average molecular weight is 372 g/mol. The Kier molecular flexibility index (Phi) is 5.32. The molecule has 1 fully saturated rings. The van der Waals surface area contributed by atoms with E-state index in [4.69, 9.17) is 0 Å². The summed E-state index contributed by atoms with van der Waals surface area (Å²) < 4.78 is 25.2. The summed E-state index contributed by atoms with van der Waals surface area (Å²) in [6.07, 6.45) is 5.84. The summed E-state index contributed by atoms with van der Waals surface area (Å²) in [7, 11) is -1.93. The van der Waals surface area contributed by atoms with E-state index in [0.717, 1.165) is 24.7 Å². The second-order valence-corrected chi connectivity index (χ2v) is 8.82. The monoisotopic (exact) mass is 372 g/mol. The summed E-state index contributed by atoms with van der Waals surface area (Å²) >= 11 is 0. The molecule has 0 aliphatic heterocycles. The van der Waals surface area contributed by atoms with Gasteiger partial charge in [0, 0.05) is 12.6 Å². The maximum atomic E-state index is 12.6. The van der Waals surface area contributed by atoms with Gasteiger partial charge in [0.25, 0.3) is 5.91 Å². The van der Waals surface area contributed by atoms with Crippen LogP contribution in [0, 0.1) is 0 Å². The predicted molar refractivity (Wildman–Crippen MR) is 105 cm³/mol. The second-order valence-electron chi connectivity index (χ2n) is 6.81. The number of carbonyl (C=O) groups is 1. The summed E-state index contributed by atoms with van der Waals surface area (Å²) in [4.78, 5) is 12.6. The number of hydrogen-bond donors (Lipinski definition) is 1. The molecule has 0 atom stereocenters. The van der Waals surface area contributed by atoms with E-state index in [2.05, 4.69) is 5.32 Å². The van der Waals surface area contributed by atoms with Gasteiger partial charge in [-0.1, -0.05) is 37.1 Å². The van der Waals surface area contributed by atoms with Crippen molar-refractivity contribution in [2.24, 2.45) is 0 Å². The van der Waals surface area contributed by atoms with Gasteiger partial charge in [-0.3, -0.25) is 9.10 Å². The normalized spacial score (nSPS) is 15.0. The second kappa shape index (κ2) is 7.50. The van der Waals surface area contributed by atoms with Gasteiger partial charge in [-0.15, -0.1) is 0 Å². The lowest BCUT2D eigenvalue weighted by Gasteiger charge is -2.22. The van der Waals surface area contributed by atoms with Crippen LogP contribution in [0.15, 0.2) is 48.5 Å². The van der Waals surface area contributed by atoms with E-state index >= 15 is 0 Å². The van der Waals surface area contributed by atoms with Crippen LogP contribution in [0.4, 0.5) is 11.4 Å². The molecule has 0 radical (unpaired) electrons. The van der Waals surface area contributed by atoms with Crippen LogP contribution in [0.25, 0.3) is 0 Å². The highest BCUT2D eigenvalue weighted by Crippen LogP contribution is 2.38. The molecule has 0 unspecified atom stereocenters. The summed E-state index contributed by atoms with van der Waals surface area (Å²) in [5.74, 6) is 0.220. The molecular formula is C20H24N2O3S. The molecule has 2 aromatic rings. The fourth-order valence-electron chi connectivity index (χ4n) is 3.40. The quantitative estimate of drug-likeness (QED) is 0.863. The Hall–Kier alpha value is -2.34. The lowest BCUT2D eigenvalue weighted by Crippen LogP contribution is -2.26. The van der Waals surface area contributed by atoms with Crippen molar-refractivity contribution < 1.29 is 13.2 Å². The van der Waals surface area contributed by atoms with Gasteiger partial charge in [-0.2, -0.15) is 0 Å². The van der Waals surface area contributed by atoms with Crippen LogP contribution < -0.4 is 9.62 Å². The summed E-state index contributed by atoms with van der Waals surface area (Å²) in [6, 6.07) is 14.6. The molecule has 3 rings (SSSR count). The van der Waals surface area contributed by atoms with Gasteiger partial charge in [-0.05, 0) is 48.6 Å². The van der Waals surface area contributed by atoms with Crippen molar-refractivity contribution in [2.75, 3.05) is 22.9 Å². The van der Waals surface area contributed by atoms with Crippen molar-refractivity contribution in [2.45, 2.75) is 31.6 Å². The topological polar surface area (TPSA) is 66.5 Å². The zero-order chi connectivity index (χ0) is 18.7. The van der Waals surface area contributed by atoms with Crippen molar-refractivity contribution >= 4 is 27.3 Å². The van der Waals surface area contributed by atoms with Crippen LogP contribution in [0.1, 0.15) is 47.5 Å². The molecule has 1 aliphatic rings. The number of benzene rings is 2. The van der Waals surface area contributed by atoms with Crippen molar-refractivity contribution in [1.82, 2.24) is 0 Å². The molecular weight excluding hydrogens is 348 g/mol. The third-order valence-corrected chi connectivity index (χ3v) is 6.16. The Labute approximate surface area is 155 Å². The van der Waals surface area contributed by atoms with Gasteiger partial charge in [0.05, 0.1) is 17.6 Å². The standard InChI is InChI=1S/C20H24N2O3S/c1-22(26(2,24)25)19-13-12-17(15-8-6-7-9-15)14-18(19)21-20(23)16-10-4-3-5-11-16/h3-5,10-15H,6-9H2,1-2H3,(H,21,23). The largest absolute Gasteiger partial charge is 0.320 e. The Balaban J connectivity index is 1.97. The molecule has 1 N–H and O–H groups in total. The van der Waals surface area contributed by atoms with Crippen LogP contribution in [0.3, 0.4) is 0 Å². The molecule has 138 valence electrons. The molecule has 0 bridgehead atoms. The van der Waals surface area contributed by atoms with Crippen molar-refractivity contribution in [3.05, 3.63) is 59.7 Å². The number of nitrogens with one attached hydrogen (secondary N) is 1. The van der Waals surface area contributed by atoms with Gasteiger partial charge < -0.3 is 5.32 Å². The minimum atomic E-state index is -3.43. The zero-order valence-electron chi connectivity index (χ0n) is 15.1. The first-order valence-electron chi connectivity index (χ1n) is 8.80. The van der Waals surface area contributed by atoms with Gasteiger partial charge >= 0.3 is 0 Å². The smallest absolute Gasteiger partial charge is 0.255 e. The summed E-state index contributed by atoms with van der Waals surface area (Å²) in [6.45, 7) is 0. The van der Waals surface area contributed by atoms with E-state index < -0.39 is 10.0 Å². The number of anilines is 2. The lowest BCUT2D eigenvalue weighted by molar-refractivity contribution is 0.102. The third kappa shape index (κ3) is 4.07. The fourth-order valence-corrected chi connectivity index (χ4v) is 3.92. The number of rotatable bonds is 5. The predicted octanol–water partition coefficient (Wildman–Crippen LogP) is 3.99. The number of hydrogen-bond acceptors (Lipinski definition) is 3. The highest BCUT2D eigenvalue weighted by atomic mass is 32.2. The average Bonchev–Trinajstić information content (AvgIpc) is 3.16. The van der Waals surface area contributed by atoms with E-state index in [1.54, 1.807) is 30.3 Å². The summed E-state index contributed by atoms with van der Waals surface area (Å²) in [5.41, 5.74) is 2.68. The first-order valence-corrected chi connectivity index (χ1v) is 10.7. The van der Waals surface area contributed by atoms with Crippen LogP contribution in [0.2, 0.25) is 0 Å². The van der Waals surface area contributed by atoms with Crippen LogP contribution in [-0.4, -0.2) is 27.6 Å². The van der Waals surface area contributed by atoms with Crippen LogP contribution in [0.5, 0.6) is 0 Å². The Morgan fingerprint density at radius 2 is 1.73 bits per heavy atom. The minimum Gasteiger partial charge on any atom is -0.320 e. The van der Waals surface area contributed by atoms with Gasteiger partial charge in [0.1, 0.15) is 0 Å². The lowest BCUT2D eigenvalue weighted by atomic mass is 9.96. The Morgan fingerprint density at radius 1 is 1.08 bits per heavy atom. The maximum Gasteiger partial charge on any atom is 0.255 e. The maximum absolute atomic E-state index is 12.6. The minimum absolute atomic E-state index is 0.252. The SMILES string of the molecule is CN(c1ccc(C2CCCC2)cc1NC(=O)c1ccccc1)S(C)(=O)=O. The molecule has 5 nitrogen and oxygen atoms in total. The molecule has 26 heavy (non-hydrogen) atoms. The van der Waals surface area contributed by atoms with E-state index in [0.29, 0.717) is 22.9 Å². The molecule has 0 heterocycles. The van der Waals surface area contributed by atoms with Gasteiger partial charge in [0.2, 0.25) is 10.0 Å². The number of amides is 1. The number of sulfonamides is 1. The zero-order valence-corrected chi connectivity index (χ0v) is 15.9. The third-order valence-electron chi connectivity index (χ3n) is 4.97. The van der Waals surface area contributed by atoms with Crippen LogP contribution >= 0.6 is 0 Å². The molecule has 1 aliphatic carbocycles. The first kappa shape index (κ1) is 18.5. The first-order chi connectivity index (χ1) is 12.4. The van der Waals surface area contributed by atoms with Crippen molar-refractivity contribution in [1.29, 1.82) is 0 Å². The van der Waals surface area contributed by atoms with E-state index in [-0.39, 0.29) is 5.91 Å². The number of nitrogens with zero attached hydrogens (tertiary/aromatic N) is 1. The van der Waals surface area contributed by atoms with Gasteiger partial charge in [0.15, 0.2) is 0 Å². The molecule has 0 spiro atoms. The molecule has 6 heteroatoms. The fraction of sp³-hybridized carbons (Fsp3) is 0.350. The van der Waals surface area contributed by atoms with E-state index in [9.17, 15) is 13.2 Å². The molecule has 2 aromatic carbocycles. The van der Waals surface area contributed by atoms with Gasteiger partial charge in [-0.25, -0.2) is 8.42 Å². The highest BCUT2D eigenvalue weighted by molar-refractivity contribution is 7.92. The highest BCUT2D eigenvalue weighted by Gasteiger charge is 2.22. The Bertz CT molecular complexity index is 889. The molecule has 0 saturated heterocycles. The van der Waals surface area contributed by atoms with E-state index in [1.807, 2.05) is 18.2 Å². The molecule has 0 aromatic heterocycles. The van der Waals surface area contributed by atoms with Crippen LogP contribution in [-0.2, 0) is 10.0 Å². The molecule has 1 amide bonds. The number of carbonyl (C=O) groups excluding carboxylic acids is 1. The van der Waals surface area contributed by atoms with E-state index in [1.165, 1.54) is 24.2 Å².